The standard InChI is InChI=1S/C18H18N6O2S2/c1-10(16(26)21-17-13(14(19)25)6-9-27-17)28-18-23-22-15(24(18)12-2-3-12)11-4-7-20-8-5-11/h4-10,12H,2-3H2,1H3,(H2,19,25)(H,21,26). The molecule has 1 saturated carbocycles. The number of carbonyl (C=O) groups is 2. The van der Waals surface area contributed by atoms with E-state index in [4.69, 9.17) is 5.73 Å². The van der Waals surface area contributed by atoms with Crippen LogP contribution in [-0.4, -0.2) is 36.8 Å². The second kappa shape index (κ2) is 7.72. The summed E-state index contributed by atoms with van der Waals surface area (Å²) in [5.74, 6) is 0.00682. The number of primary amides is 1. The summed E-state index contributed by atoms with van der Waals surface area (Å²) in [7, 11) is 0. The molecule has 3 N–H and O–H groups in total. The molecule has 0 spiro atoms. The van der Waals surface area contributed by atoms with Crippen LogP contribution in [0, 0.1) is 0 Å². The van der Waals surface area contributed by atoms with Gasteiger partial charge in [-0.25, -0.2) is 0 Å². The first-order valence-corrected chi connectivity index (χ1v) is 10.5. The van der Waals surface area contributed by atoms with Crippen molar-refractivity contribution in [3.05, 3.63) is 41.5 Å². The van der Waals surface area contributed by atoms with Gasteiger partial charge < -0.3 is 11.1 Å². The normalized spacial score (nSPS) is 14.6. The highest BCUT2D eigenvalue weighted by atomic mass is 32.2. The van der Waals surface area contributed by atoms with Crippen molar-refractivity contribution < 1.29 is 9.59 Å². The second-order valence-corrected chi connectivity index (χ2v) is 8.64. The number of hydrogen-bond donors (Lipinski definition) is 2. The Balaban J connectivity index is 1.52. The number of amides is 2. The average Bonchev–Trinajstić information content (AvgIpc) is 3.27. The number of thiophene rings is 1. The average molecular weight is 415 g/mol. The third-order valence-corrected chi connectivity index (χ3v) is 6.22. The quantitative estimate of drug-likeness (QED) is 0.574. The Morgan fingerprint density at radius 1 is 1.29 bits per heavy atom. The first-order valence-electron chi connectivity index (χ1n) is 8.74. The Labute approximate surface area is 169 Å². The monoisotopic (exact) mass is 414 g/mol. The van der Waals surface area contributed by atoms with Gasteiger partial charge in [0.05, 0.1) is 10.8 Å². The Morgan fingerprint density at radius 3 is 2.71 bits per heavy atom. The minimum atomic E-state index is -0.563. The van der Waals surface area contributed by atoms with Crippen molar-refractivity contribution >= 4 is 39.9 Å². The Kier molecular flexibility index (Phi) is 5.14. The van der Waals surface area contributed by atoms with Gasteiger partial charge in [0.15, 0.2) is 11.0 Å². The number of pyridine rings is 1. The lowest BCUT2D eigenvalue weighted by molar-refractivity contribution is -0.115. The second-order valence-electron chi connectivity index (χ2n) is 6.42. The molecule has 1 aliphatic carbocycles. The Morgan fingerprint density at radius 2 is 2.04 bits per heavy atom. The SMILES string of the molecule is CC(Sc1nnc(-c2ccncc2)n1C1CC1)C(=O)Nc1sccc1C(N)=O. The number of anilines is 1. The molecule has 0 bridgehead atoms. The van der Waals surface area contributed by atoms with Crippen molar-refractivity contribution in [1.82, 2.24) is 19.7 Å². The van der Waals surface area contributed by atoms with Gasteiger partial charge in [0.2, 0.25) is 5.91 Å². The highest BCUT2D eigenvalue weighted by Crippen LogP contribution is 2.41. The largest absolute Gasteiger partial charge is 0.366 e. The van der Waals surface area contributed by atoms with Crippen LogP contribution in [0.15, 0.2) is 41.1 Å². The molecule has 144 valence electrons. The van der Waals surface area contributed by atoms with Crippen LogP contribution in [0.3, 0.4) is 0 Å². The van der Waals surface area contributed by atoms with Crippen LogP contribution >= 0.6 is 23.1 Å². The lowest BCUT2D eigenvalue weighted by Crippen LogP contribution is -2.24. The molecule has 0 saturated heterocycles. The van der Waals surface area contributed by atoms with E-state index in [-0.39, 0.29) is 5.91 Å². The fraction of sp³-hybridized carbons (Fsp3) is 0.278. The summed E-state index contributed by atoms with van der Waals surface area (Å²) < 4.78 is 2.10. The molecule has 0 aromatic carbocycles. The topological polar surface area (TPSA) is 116 Å². The number of nitrogens with one attached hydrogen (secondary N) is 1. The minimum Gasteiger partial charge on any atom is -0.366 e. The van der Waals surface area contributed by atoms with Crippen LogP contribution in [0.25, 0.3) is 11.4 Å². The zero-order valence-corrected chi connectivity index (χ0v) is 16.7. The molecule has 2 amide bonds. The predicted octanol–water partition coefficient (Wildman–Crippen LogP) is 2.95. The molecule has 3 aromatic rings. The van der Waals surface area contributed by atoms with E-state index >= 15 is 0 Å². The van der Waals surface area contributed by atoms with Gasteiger partial charge in [-0.05, 0) is 43.3 Å². The van der Waals surface area contributed by atoms with Crippen molar-refractivity contribution in [3.8, 4) is 11.4 Å². The van der Waals surface area contributed by atoms with E-state index < -0.39 is 11.2 Å². The summed E-state index contributed by atoms with van der Waals surface area (Å²) in [5, 5.41) is 13.9. The van der Waals surface area contributed by atoms with Gasteiger partial charge in [-0.1, -0.05) is 11.8 Å². The smallest absolute Gasteiger partial charge is 0.251 e. The van der Waals surface area contributed by atoms with E-state index in [1.54, 1.807) is 30.8 Å². The van der Waals surface area contributed by atoms with E-state index in [2.05, 4.69) is 25.1 Å². The maximum atomic E-state index is 12.6. The van der Waals surface area contributed by atoms with Crippen molar-refractivity contribution in [2.45, 2.75) is 36.2 Å². The molecule has 8 nitrogen and oxygen atoms in total. The van der Waals surface area contributed by atoms with Crippen molar-refractivity contribution in [2.24, 2.45) is 5.73 Å². The molecule has 10 heteroatoms. The van der Waals surface area contributed by atoms with E-state index in [9.17, 15) is 9.59 Å². The minimum absolute atomic E-state index is 0.217. The summed E-state index contributed by atoms with van der Waals surface area (Å²) in [6.07, 6.45) is 5.59. The third kappa shape index (κ3) is 3.78. The molecule has 0 aliphatic heterocycles. The molecule has 4 rings (SSSR count). The lowest BCUT2D eigenvalue weighted by Gasteiger charge is -2.13. The van der Waals surface area contributed by atoms with Crippen molar-refractivity contribution in [3.63, 3.8) is 0 Å². The fourth-order valence-electron chi connectivity index (χ4n) is 2.74. The maximum absolute atomic E-state index is 12.6. The number of aromatic nitrogens is 4. The van der Waals surface area contributed by atoms with E-state index in [0.29, 0.717) is 21.8 Å². The Bertz CT molecular complexity index is 1010. The van der Waals surface area contributed by atoms with Gasteiger partial charge in [0.25, 0.3) is 5.91 Å². The number of rotatable bonds is 7. The molecule has 1 aliphatic rings. The van der Waals surface area contributed by atoms with E-state index in [1.165, 1.54) is 23.1 Å². The summed E-state index contributed by atoms with van der Waals surface area (Å²) in [6, 6.07) is 5.76. The Hall–Kier alpha value is -2.72. The van der Waals surface area contributed by atoms with Crippen LogP contribution in [-0.2, 0) is 4.79 Å². The molecule has 3 aromatic heterocycles. The summed E-state index contributed by atoms with van der Waals surface area (Å²) >= 11 is 2.62. The third-order valence-electron chi connectivity index (χ3n) is 4.33. The number of nitrogens with zero attached hydrogens (tertiary/aromatic N) is 4. The van der Waals surface area contributed by atoms with Gasteiger partial charge >= 0.3 is 0 Å². The molecule has 0 radical (unpaired) electrons. The number of nitrogens with two attached hydrogens (primary N) is 1. The lowest BCUT2D eigenvalue weighted by atomic mass is 10.2. The van der Waals surface area contributed by atoms with Gasteiger partial charge in [-0.15, -0.1) is 21.5 Å². The molecule has 1 unspecified atom stereocenters. The van der Waals surface area contributed by atoms with Gasteiger partial charge in [-0.2, -0.15) is 0 Å². The first kappa shape index (κ1) is 18.6. The fourth-order valence-corrected chi connectivity index (χ4v) is 4.46. The van der Waals surface area contributed by atoms with Crippen molar-refractivity contribution in [1.29, 1.82) is 0 Å². The molecule has 28 heavy (non-hydrogen) atoms. The highest BCUT2D eigenvalue weighted by Gasteiger charge is 2.31. The van der Waals surface area contributed by atoms with Gasteiger partial charge in [-0.3, -0.25) is 19.1 Å². The van der Waals surface area contributed by atoms with Crippen LogP contribution in [0.5, 0.6) is 0 Å². The first-order chi connectivity index (χ1) is 13.5. The molecular formula is C18H18N6O2S2. The molecule has 3 heterocycles. The predicted molar refractivity (Wildman–Crippen MR) is 108 cm³/mol. The van der Waals surface area contributed by atoms with Crippen LogP contribution in [0.2, 0.25) is 0 Å². The summed E-state index contributed by atoms with van der Waals surface area (Å²) in [6.45, 7) is 1.80. The molecular weight excluding hydrogens is 396 g/mol. The van der Waals surface area contributed by atoms with Gasteiger partial charge in [0, 0.05) is 24.0 Å². The number of thioether (sulfide) groups is 1. The summed E-state index contributed by atoms with van der Waals surface area (Å²) in [5.41, 5.74) is 6.60. The molecule has 1 atom stereocenters. The molecule has 1 fully saturated rings. The van der Waals surface area contributed by atoms with Crippen LogP contribution in [0.1, 0.15) is 36.2 Å². The van der Waals surface area contributed by atoms with Gasteiger partial charge in [0.1, 0.15) is 5.00 Å². The highest BCUT2D eigenvalue weighted by molar-refractivity contribution is 8.00. The van der Waals surface area contributed by atoms with Crippen LogP contribution < -0.4 is 11.1 Å². The summed E-state index contributed by atoms with van der Waals surface area (Å²) in [4.78, 5) is 28.1. The van der Waals surface area contributed by atoms with Crippen LogP contribution in [0.4, 0.5) is 5.00 Å². The number of hydrogen-bond acceptors (Lipinski definition) is 7. The number of carbonyl (C=O) groups excluding carboxylic acids is 2. The van der Waals surface area contributed by atoms with E-state index in [1.807, 2.05) is 12.1 Å². The zero-order valence-electron chi connectivity index (χ0n) is 15.0. The zero-order chi connectivity index (χ0) is 19.7. The van der Waals surface area contributed by atoms with E-state index in [0.717, 1.165) is 24.2 Å². The maximum Gasteiger partial charge on any atom is 0.251 e. The van der Waals surface area contributed by atoms with Crippen molar-refractivity contribution in [2.75, 3.05) is 5.32 Å².